The highest BCUT2D eigenvalue weighted by molar-refractivity contribution is 4.91. The topological polar surface area (TPSA) is 24.5 Å². The van der Waals surface area contributed by atoms with Gasteiger partial charge in [0.1, 0.15) is 5.72 Å². The molecule has 2 heterocycles. The maximum Gasteiger partial charge on any atom is 0.121 e. The van der Waals surface area contributed by atoms with Gasteiger partial charge in [-0.05, 0) is 18.4 Å². The number of ether oxygens (including phenoxy) is 1. The Morgan fingerprint density at radius 2 is 1.88 bits per heavy atom. The van der Waals surface area contributed by atoms with Crippen LogP contribution >= 0.6 is 0 Å². The Hall–Kier alpha value is -0.120. The molecule has 3 nitrogen and oxygen atoms in total. The largest absolute Gasteiger partial charge is 0.360 e. The van der Waals surface area contributed by atoms with Crippen molar-refractivity contribution in [3.8, 4) is 0 Å². The molecule has 2 fully saturated rings. The third-order valence-electron chi connectivity index (χ3n) is 4.25. The lowest BCUT2D eigenvalue weighted by molar-refractivity contribution is -0.154. The molecule has 0 saturated carbocycles. The van der Waals surface area contributed by atoms with Gasteiger partial charge < -0.3 is 9.64 Å². The number of nitrogens with one attached hydrogen (secondary N) is 1. The van der Waals surface area contributed by atoms with Crippen molar-refractivity contribution in [3.05, 3.63) is 0 Å². The van der Waals surface area contributed by atoms with Gasteiger partial charge in [-0.25, -0.2) is 0 Å². The van der Waals surface area contributed by atoms with Crippen molar-refractivity contribution < 1.29 is 4.74 Å². The fourth-order valence-electron chi connectivity index (χ4n) is 2.54. The van der Waals surface area contributed by atoms with Gasteiger partial charge in [0.2, 0.25) is 0 Å². The second-order valence-corrected chi connectivity index (χ2v) is 6.55. The van der Waals surface area contributed by atoms with Gasteiger partial charge in [0, 0.05) is 32.5 Å². The SMILES string of the molecule is CN1CCC2(CC1)NCC(C(C)(C)C)CO2. The van der Waals surface area contributed by atoms with Crippen molar-refractivity contribution in [2.45, 2.75) is 39.3 Å². The van der Waals surface area contributed by atoms with E-state index in [1.54, 1.807) is 0 Å². The molecule has 0 radical (unpaired) electrons. The lowest BCUT2D eigenvalue weighted by Gasteiger charge is -2.48. The summed E-state index contributed by atoms with van der Waals surface area (Å²) in [5, 5.41) is 3.66. The molecule has 0 aromatic heterocycles. The molecule has 1 atom stereocenters. The summed E-state index contributed by atoms with van der Waals surface area (Å²) in [4.78, 5) is 2.38. The summed E-state index contributed by atoms with van der Waals surface area (Å²) in [5.41, 5.74) is 0.342. The van der Waals surface area contributed by atoms with E-state index in [-0.39, 0.29) is 5.72 Å². The van der Waals surface area contributed by atoms with E-state index in [1.165, 1.54) is 0 Å². The Bertz CT molecular complexity index is 229. The zero-order chi connectivity index (χ0) is 11.8. The van der Waals surface area contributed by atoms with Crippen molar-refractivity contribution in [3.63, 3.8) is 0 Å². The van der Waals surface area contributed by atoms with Crippen LogP contribution in [0, 0.1) is 11.3 Å². The zero-order valence-electron chi connectivity index (χ0n) is 11.2. The normalized spacial score (nSPS) is 31.9. The summed E-state index contributed by atoms with van der Waals surface area (Å²) in [6, 6.07) is 0. The van der Waals surface area contributed by atoms with E-state index in [1.807, 2.05) is 0 Å². The van der Waals surface area contributed by atoms with Gasteiger partial charge in [0.25, 0.3) is 0 Å². The van der Waals surface area contributed by atoms with Crippen LogP contribution in [0.3, 0.4) is 0 Å². The van der Waals surface area contributed by atoms with Crippen LogP contribution < -0.4 is 5.32 Å². The Balaban J connectivity index is 1.89. The minimum Gasteiger partial charge on any atom is -0.360 e. The van der Waals surface area contributed by atoms with Crippen LogP contribution in [0.15, 0.2) is 0 Å². The van der Waals surface area contributed by atoms with Crippen LogP contribution in [0.25, 0.3) is 0 Å². The highest BCUT2D eigenvalue weighted by atomic mass is 16.5. The molecule has 0 amide bonds. The minimum absolute atomic E-state index is 0.00569. The number of hydrogen-bond donors (Lipinski definition) is 1. The molecule has 16 heavy (non-hydrogen) atoms. The van der Waals surface area contributed by atoms with E-state index >= 15 is 0 Å². The number of nitrogens with zero attached hydrogens (tertiary/aromatic N) is 1. The third-order valence-corrected chi connectivity index (χ3v) is 4.25. The predicted molar refractivity (Wildman–Crippen MR) is 66.4 cm³/mol. The first-order valence-electron chi connectivity index (χ1n) is 6.49. The number of hydrogen-bond acceptors (Lipinski definition) is 3. The maximum atomic E-state index is 6.16. The van der Waals surface area contributed by atoms with E-state index in [4.69, 9.17) is 4.74 Å². The molecule has 2 rings (SSSR count). The van der Waals surface area contributed by atoms with E-state index in [2.05, 4.69) is 38.0 Å². The Labute approximate surface area is 99.5 Å². The van der Waals surface area contributed by atoms with Crippen LogP contribution in [0.4, 0.5) is 0 Å². The second kappa shape index (κ2) is 4.28. The Kier molecular flexibility index (Phi) is 3.30. The first-order chi connectivity index (χ1) is 7.41. The van der Waals surface area contributed by atoms with Crippen molar-refractivity contribution in [2.24, 2.45) is 11.3 Å². The third kappa shape index (κ3) is 2.58. The van der Waals surface area contributed by atoms with Gasteiger partial charge in [0.05, 0.1) is 6.61 Å². The standard InChI is InChI=1S/C13H26N2O/c1-12(2,3)11-9-14-13(16-10-11)5-7-15(4)8-6-13/h11,14H,5-10H2,1-4H3. The molecule has 0 aliphatic carbocycles. The molecule has 3 heteroatoms. The molecule has 0 aromatic rings. The molecule has 1 unspecified atom stereocenters. The quantitative estimate of drug-likeness (QED) is 0.680. The van der Waals surface area contributed by atoms with Crippen molar-refractivity contribution in [1.29, 1.82) is 0 Å². The minimum atomic E-state index is -0.00569. The zero-order valence-corrected chi connectivity index (χ0v) is 11.2. The lowest BCUT2D eigenvalue weighted by atomic mass is 9.79. The molecule has 94 valence electrons. The van der Waals surface area contributed by atoms with Gasteiger partial charge in [-0.1, -0.05) is 20.8 Å². The molecule has 2 aliphatic rings. The van der Waals surface area contributed by atoms with E-state index < -0.39 is 0 Å². The first-order valence-corrected chi connectivity index (χ1v) is 6.49. The summed E-state index contributed by atoms with van der Waals surface area (Å²) in [6.07, 6.45) is 2.25. The van der Waals surface area contributed by atoms with Crippen LogP contribution in [0.1, 0.15) is 33.6 Å². The summed E-state index contributed by atoms with van der Waals surface area (Å²) < 4.78 is 6.16. The van der Waals surface area contributed by atoms with Gasteiger partial charge in [-0.2, -0.15) is 0 Å². The summed E-state index contributed by atoms with van der Waals surface area (Å²) >= 11 is 0. The molecular formula is C13H26N2O. The van der Waals surface area contributed by atoms with Crippen LogP contribution in [0.5, 0.6) is 0 Å². The van der Waals surface area contributed by atoms with Crippen LogP contribution in [-0.2, 0) is 4.74 Å². The average molecular weight is 226 g/mol. The average Bonchev–Trinajstić information content (AvgIpc) is 2.22. The van der Waals surface area contributed by atoms with Gasteiger partial charge in [-0.3, -0.25) is 5.32 Å². The lowest BCUT2D eigenvalue weighted by Crippen LogP contribution is -2.60. The van der Waals surface area contributed by atoms with Crippen molar-refractivity contribution in [1.82, 2.24) is 10.2 Å². The van der Waals surface area contributed by atoms with E-state index in [0.717, 1.165) is 39.1 Å². The van der Waals surface area contributed by atoms with Crippen molar-refractivity contribution >= 4 is 0 Å². The number of piperidine rings is 1. The molecule has 0 bridgehead atoms. The Morgan fingerprint density at radius 1 is 1.25 bits per heavy atom. The summed E-state index contributed by atoms with van der Waals surface area (Å²) in [7, 11) is 2.19. The molecular weight excluding hydrogens is 200 g/mol. The van der Waals surface area contributed by atoms with E-state index in [0.29, 0.717) is 11.3 Å². The highest BCUT2D eigenvalue weighted by Crippen LogP contribution is 2.33. The van der Waals surface area contributed by atoms with E-state index in [9.17, 15) is 0 Å². The predicted octanol–water partition coefficient (Wildman–Crippen LogP) is 1.69. The summed E-state index contributed by atoms with van der Waals surface area (Å²) in [5.74, 6) is 0.637. The van der Waals surface area contributed by atoms with Gasteiger partial charge >= 0.3 is 0 Å². The second-order valence-electron chi connectivity index (χ2n) is 6.55. The molecule has 2 aliphatic heterocycles. The molecule has 1 N–H and O–H groups in total. The van der Waals surface area contributed by atoms with Crippen LogP contribution in [-0.4, -0.2) is 43.9 Å². The molecule has 2 saturated heterocycles. The van der Waals surface area contributed by atoms with Crippen LogP contribution in [0.2, 0.25) is 0 Å². The van der Waals surface area contributed by atoms with Gasteiger partial charge in [0.15, 0.2) is 0 Å². The fraction of sp³-hybridized carbons (Fsp3) is 1.00. The van der Waals surface area contributed by atoms with Crippen molar-refractivity contribution in [2.75, 3.05) is 33.3 Å². The fourth-order valence-corrected chi connectivity index (χ4v) is 2.54. The summed E-state index contributed by atoms with van der Waals surface area (Å²) in [6.45, 7) is 11.2. The van der Waals surface area contributed by atoms with Gasteiger partial charge in [-0.15, -0.1) is 0 Å². The number of likely N-dealkylation sites (tertiary alicyclic amines) is 1. The monoisotopic (exact) mass is 226 g/mol. The first kappa shape index (κ1) is 12.3. The molecule has 0 aromatic carbocycles. The smallest absolute Gasteiger partial charge is 0.121 e. The Morgan fingerprint density at radius 3 is 2.31 bits per heavy atom. The maximum absolute atomic E-state index is 6.16. The highest BCUT2D eigenvalue weighted by Gasteiger charge is 2.40. The molecule has 1 spiro atoms. The number of rotatable bonds is 0.